The highest BCUT2D eigenvalue weighted by molar-refractivity contribution is 5.38. The number of ether oxygens (including phenoxy) is 1. The summed E-state index contributed by atoms with van der Waals surface area (Å²) >= 11 is 0. The molecule has 94 valence electrons. The van der Waals surface area contributed by atoms with E-state index in [1.54, 1.807) is 0 Å². The molecule has 1 aromatic carbocycles. The molecule has 0 unspecified atom stereocenters. The lowest BCUT2D eigenvalue weighted by atomic mass is 10.0. The second-order valence-corrected chi connectivity index (χ2v) is 5.29. The van der Waals surface area contributed by atoms with Gasteiger partial charge >= 0.3 is 0 Å². The fraction of sp³-hybridized carbons (Fsp3) is 0.571. The molecule has 3 heteroatoms. The summed E-state index contributed by atoms with van der Waals surface area (Å²) in [6.45, 7) is 5.74. The summed E-state index contributed by atoms with van der Waals surface area (Å²) < 4.78 is 5.58. The first kappa shape index (κ1) is 12.4. The van der Waals surface area contributed by atoms with Gasteiger partial charge in [0.2, 0.25) is 0 Å². The van der Waals surface area contributed by atoms with Crippen LogP contribution in [0.4, 0.5) is 0 Å². The molecule has 0 bridgehead atoms. The van der Waals surface area contributed by atoms with Crippen molar-refractivity contribution in [1.82, 2.24) is 5.32 Å². The lowest BCUT2D eigenvalue weighted by Crippen LogP contribution is -2.42. The average Bonchev–Trinajstić information content (AvgIpc) is 2.36. The van der Waals surface area contributed by atoms with Gasteiger partial charge in [0.25, 0.3) is 0 Å². The van der Waals surface area contributed by atoms with E-state index >= 15 is 0 Å². The minimum Gasteiger partial charge on any atom is -0.493 e. The van der Waals surface area contributed by atoms with E-state index in [-0.39, 0.29) is 12.1 Å². The van der Waals surface area contributed by atoms with E-state index in [9.17, 15) is 5.11 Å². The third-order valence-electron chi connectivity index (χ3n) is 3.14. The predicted molar refractivity (Wildman–Crippen MR) is 68.3 cm³/mol. The summed E-state index contributed by atoms with van der Waals surface area (Å²) in [4.78, 5) is 0. The highest BCUT2D eigenvalue weighted by atomic mass is 16.5. The van der Waals surface area contributed by atoms with E-state index in [1.165, 1.54) is 11.1 Å². The molecule has 0 saturated heterocycles. The van der Waals surface area contributed by atoms with E-state index in [4.69, 9.17) is 4.74 Å². The standard InChI is InChI=1S/C14H21NO2/c1-14(2,10-16)15-9-11-5-6-13-12(8-11)4-3-7-17-13/h5-6,8,15-16H,3-4,7,9-10H2,1-2H3. The maximum atomic E-state index is 9.18. The van der Waals surface area contributed by atoms with Crippen molar-refractivity contribution in [3.8, 4) is 5.75 Å². The minimum atomic E-state index is -0.230. The number of rotatable bonds is 4. The highest BCUT2D eigenvalue weighted by Crippen LogP contribution is 2.25. The molecule has 0 atom stereocenters. The molecule has 0 amide bonds. The molecule has 0 aromatic heterocycles. The molecular formula is C14H21NO2. The third-order valence-corrected chi connectivity index (χ3v) is 3.14. The van der Waals surface area contributed by atoms with Gasteiger partial charge in [0.15, 0.2) is 0 Å². The Morgan fingerprint density at radius 3 is 3.00 bits per heavy atom. The normalized spacial score (nSPS) is 15.2. The number of aliphatic hydroxyl groups is 1. The fourth-order valence-electron chi connectivity index (χ4n) is 1.92. The highest BCUT2D eigenvalue weighted by Gasteiger charge is 2.16. The van der Waals surface area contributed by atoms with E-state index in [0.29, 0.717) is 0 Å². The van der Waals surface area contributed by atoms with Gasteiger partial charge < -0.3 is 15.2 Å². The first-order chi connectivity index (χ1) is 8.11. The molecule has 1 aliphatic rings. The number of nitrogens with one attached hydrogen (secondary N) is 1. The first-order valence-corrected chi connectivity index (χ1v) is 6.21. The summed E-state index contributed by atoms with van der Waals surface area (Å²) in [6.07, 6.45) is 2.21. The lowest BCUT2D eigenvalue weighted by molar-refractivity contribution is 0.187. The van der Waals surface area contributed by atoms with Gasteiger partial charge in [-0.2, -0.15) is 0 Å². The molecule has 2 N–H and O–H groups in total. The molecular weight excluding hydrogens is 214 g/mol. The van der Waals surface area contributed by atoms with Crippen molar-refractivity contribution in [3.63, 3.8) is 0 Å². The van der Waals surface area contributed by atoms with Crippen molar-refractivity contribution in [2.75, 3.05) is 13.2 Å². The molecule has 2 rings (SSSR count). The Hall–Kier alpha value is -1.06. The Balaban J connectivity index is 2.02. The van der Waals surface area contributed by atoms with E-state index in [0.717, 1.165) is 31.7 Å². The second kappa shape index (κ2) is 5.07. The topological polar surface area (TPSA) is 41.5 Å². The second-order valence-electron chi connectivity index (χ2n) is 5.29. The fourth-order valence-corrected chi connectivity index (χ4v) is 1.92. The van der Waals surface area contributed by atoms with Crippen molar-refractivity contribution < 1.29 is 9.84 Å². The van der Waals surface area contributed by atoms with E-state index < -0.39 is 0 Å². The number of benzene rings is 1. The van der Waals surface area contributed by atoms with Crippen molar-refractivity contribution in [1.29, 1.82) is 0 Å². The summed E-state index contributed by atoms with van der Waals surface area (Å²) in [5.41, 5.74) is 2.32. The van der Waals surface area contributed by atoms with Crippen LogP contribution in [0.5, 0.6) is 5.75 Å². The Morgan fingerprint density at radius 1 is 1.41 bits per heavy atom. The lowest BCUT2D eigenvalue weighted by Gasteiger charge is -2.24. The average molecular weight is 235 g/mol. The number of aryl methyl sites for hydroxylation is 1. The molecule has 0 fully saturated rings. The van der Waals surface area contributed by atoms with Gasteiger partial charge in [-0.1, -0.05) is 12.1 Å². The zero-order chi connectivity index (χ0) is 12.3. The monoisotopic (exact) mass is 235 g/mol. The summed E-state index contributed by atoms with van der Waals surface area (Å²) in [6, 6.07) is 6.34. The van der Waals surface area contributed by atoms with Crippen molar-refractivity contribution in [2.45, 2.75) is 38.8 Å². The summed E-state index contributed by atoms with van der Waals surface area (Å²) in [7, 11) is 0. The zero-order valence-electron chi connectivity index (χ0n) is 10.6. The molecule has 1 heterocycles. The number of hydrogen-bond acceptors (Lipinski definition) is 3. The maximum absolute atomic E-state index is 9.18. The van der Waals surface area contributed by atoms with E-state index in [2.05, 4.69) is 23.5 Å². The van der Waals surface area contributed by atoms with Crippen LogP contribution < -0.4 is 10.1 Å². The molecule has 0 aliphatic carbocycles. The van der Waals surface area contributed by atoms with Crippen LogP contribution in [0.3, 0.4) is 0 Å². The van der Waals surface area contributed by atoms with Gasteiger partial charge in [0, 0.05) is 12.1 Å². The van der Waals surface area contributed by atoms with Crippen LogP contribution in [0.1, 0.15) is 31.4 Å². The third kappa shape index (κ3) is 3.20. The molecule has 0 spiro atoms. The Morgan fingerprint density at radius 2 is 2.24 bits per heavy atom. The van der Waals surface area contributed by atoms with E-state index in [1.807, 2.05) is 13.8 Å². The molecule has 1 aliphatic heterocycles. The maximum Gasteiger partial charge on any atom is 0.122 e. The van der Waals surface area contributed by atoms with Crippen LogP contribution in [0.2, 0.25) is 0 Å². The van der Waals surface area contributed by atoms with Crippen LogP contribution in [-0.2, 0) is 13.0 Å². The first-order valence-electron chi connectivity index (χ1n) is 6.21. The zero-order valence-corrected chi connectivity index (χ0v) is 10.6. The number of hydrogen-bond donors (Lipinski definition) is 2. The quantitative estimate of drug-likeness (QED) is 0.837. The van der Waals surface area contributed by atoms with Crippen molar-refractivity contribution in [3.05, 3.63) is 29.3 Å². The number of aliphatic hydroxyl groups excluding tert-OH is 1. The molecule has 0 saturated carbocycles. The Bertz CT molecular complexity index is 388. The molecule has 1 aromatic rings. The van der Waals surface area contributed by atoms with Gasteiger partial charge in [0.05, 0.1) is 13.2 Å². The smallest absolute Gasteiger partial charge is 0.122 e. The largest absolute Gasteiger partial charge is 0.493 e. The van der Waals surface area contributed by atoms with Gasteiger partial charge in [-0.3, -0.25) is 0 Å². The van der Waals surface area contributed by atoms with Crippen molar-refractivity contribution in [2.24, 2.45) is 0 Å². The SMILES string of the molecule is CC(C)(CO)NCc1ccc2c(c1)CCCO2. The van der Waals surface area contributed by atoms with Crippen LogP contribution in [-0.4, -0.2) is 23.9 Å². The predicted octanol–water partition coefficient (Wildman–Crippen LogP) is 1.87. The molecule has 0 radical (unpaired) electrons. The van der Waals surface area contributed by atoms with Gasteiger partial charge in [0.1, 0.15) is 5.75 Å². The number of fused-ring (bicyclic) bond motifs is 1. The van der Waals surface area contributed by atoms with Gasteiger partial charge in [-0.25, -0.2) is 0 Å². The summed E-state index contributed by atoms with van der Waals surface area (Å²) in [5.74, 6) is 1.03. The van der Waals surface area contributed by atoms with Crippen LogP contribution in [0.25, 0.3) is 0 Å². The Labute approximate surface area is 103 Å². The van der Waals surface area contributed by atoms with Crippen LogP contribution >= 0.6 is 0 Å². The van der Waals surface area contributed by atoms with Gasteiger partial charge in [-0.15, -0.1) is 0 Å². The van der Waals surface area contributed by atoms with Gasteiger partial charge in [-0.05, 0) is 43.9 Å². The van der Waals surface area contributed by atoms with Crippen LogP contribution in [0.15, 0.2) is 18.2 Å². The molecule has 17 heavy (non-hydrogen) atoms. The van der Waals surface area contributed by atoms with Crippen LogP contribution in [0, 0.1) is 0 Å². The Kier molecular flexibility index (Phi) is 3.69. The minimum absolute atomic E-state index is 0.140. The summed E-state index contributed by atoms with van der Waals surface area (Å²) in [5, 5.41) is 12.5. The van der Waals surface area contributed by atoms with Crippen molar-refractivity contribution >= 4 is 0 Å². The molecule has 3 nitrogen and oxygen atoms in total.